The van der Waals surface area contributed by atoms with Crippen LogP contribution in [0.15, 0.2) is 59.5 Å². The zero-order chi connectivity index (χ0) is 21.8. The highest BCUT2D eigenvalue weighted by Crippen LogP contribution is 2.20. The fourth-order valence-electron chi connectivity index (χ4n) is 3.88. The van der Waals surface area contributed by atoms with Gasteiger partial charge in [0, 0.05) is 31.6 Å². The number of hydrogen-bond acceptors (Lipinski definition) is 5. The third-order valence-electron chi connectivity index (χ3n) is 5.52. The van der Waals surface area contributed by atoms with Gasteiger partial charge in [0.2, 0.25) is 11.3 Å². The van der Waals surface area contributed by atoms with E-state index in [0.717, 1.165) is 0 Å². The summed E-state index contributed by atoms with van der Waals surface area (Å²) in [6.07, 6.45) is 1.93. The van der Waals surface area contributed by atoms with Crippen molar-refractivity contribution in [1.82, 2.24) is 19.6 Å². The Balaban J connectivity index is 1.46. The molecule has 2 aromatic carbocycles. The Labute approximate surface area is 179 Å². The Bertz CT molecular complexity index is 1170. The van der Waals surface area contributed by atoms with E-state index in [1.165, 1.54) is 6.20 Å². The first-order valence-electron chi connectivity index (χ1n) is 10.2. The van der Waals surface area contributed by atoms with Gasteiger partial charge in [-0.15, -0.1) is 0 Å². The molecule has 8 nitrogen and oxygen atoms in total. The van der Waals surface area contributed by atoms with E-state index in [1.54, 1.807) is 51.9 Å². The van der Waals surface area contributed by atoms with Crippen LogP contribution in [0.4, 0.5) is 0 Å². The van der Waals surface area contributed by atoms with Crippen LogP contribution in [-0.2, 0) is 11.3 Å². The first kappa shape index (κ1) is 20.6. The molecule has 4 rings (SSSR count). The van der Waals surface area contributed by atoms with Crippen molar-refractivity contribution in [2.75, 3.05) is 33.3 Å². The molecular formula is C23H24N4O4. The molecule has 1 aromatic heterocycles. The van der Waals surface area contributed by atoms with Crippen LogP contribution in [0.2, 0.25) is 0 Å². The van der Waals surface area contributed by atoms with Gasteiger partial charge in [-0.25, -0.2) is 0 Å². The van der Waals surface area contributed by atoms with Crippen LogP contribution in [0, 0.1) is 0 Å². The van der Waals surface area contributed by atoms with Crippen LogP contribution >= 0.6 is 0 Å². The molecule has 0 spiro atoms. The molecule has 3 aromatic rings. The lowest BCUT2D eigenvalue weighted by molar-refractivity contribution is -0.131. The molecule has 1 aliphatic heterocycles. The fourth-order valence-corrected chi connectivity index (χ4v) is 3.88. The maximum atomic E-state index is 13.0. The average molecular weight is 420 g/mol. The SMILES string of the molecule is COc1ccccc1C(=O)N1CCCN(C(=O)Cn2ncc(=O)c3ccccc32)CC1. The van der Waals surface area contributed by atoms with Crippen molar-refractivity contribution in [1.29, 1.82) is 0 Å². The summed E-state index contributed by atoms with van der Waals surface area (Å²) in [4.78, 5) is 41.5. The molecule has 0 atom stereocenters. The number of carbonyl (C=O) groups is 2. The van der Waals surface area contributed by atoms with Gasteiger partial charge in [0.25, 0.3) is 5.91 Å². The molecule has 8 heteroatoms. The molecule has 2 heterocycles. The van der Waals surface area contributed by atoms with Crippen molar-refractivity contribution in [3.05, 3.63) is 70.5 Å². The number of fused-ring (bicyclic) bond motifs is 1. The second kappa shape index (κ2) is 8.99. The number of benzene rings is 2. The lowest BCUT2D eigenvalue weighted by Gasteiger charge is -2.23. The summed E-state index contributed by atoms with van der Waals surface area (Å²) in [5, 5.41) is 4.68. The topological polar surface area (TPSA) is 84.7 Å². The average Bonchev–Trinajstić information content (AvgIpc) is 3.07. The molecule has 1 saturated heterocycles. The summed E-state index contributed by atoms with van der Waals surface area (Å²) in [6.45, 7) is 2.06. The van der Waals surface area contributed by atoms with Gasteiger partial charge in [-0.3, -0.25) is 19.1 Å². The monoisotopic (exact) mass is 420 g/mol. The number of ether oxygens (including phenoxy) is 1. The van der Waals surface area contributed by atoms with E-state index < -0.39 is 0 Å². The Morgan fingerprint density at radius 2 is 1.68 bits per heavy atom. The Morgan fingerprint density at radius 3 is 2.52 bits per heavy atom. The van der Waals surface area contributed by atoms with E-state index in [0.29, 0.717) is 54.8 Å². The third-order valence-corrected chi connectivity index (χ3v) is 5.52. The minimum atomic E-state index is -0.167. The van der Waals surface area contributed by atoms with Crippen molar-refractivity contribution in [2.45, 2.75) is 13.0 Å². The van der Waals surface area contributed by atoms with Crippen molar-refractivity contribution in [2.24, 2.45) is 0 Å². The van der Waals surface area contributed by atoms with E-state index in [4.69, 9.17) is 4.74 Å². The number of para-hydroxylation sites is 2. The van der Waals surface area contributed by atoms with E-state index in [9.17, 15) is 14.4 Å². The van der Waals surface area contributed by atoms with Crippen LogP contribution in [-0.4, -0.2) is 64.7 Å². The summed E-state index contributed by atoms with van der Waals surface area (Å²) < 4.78 is 6.87. The first-order valence-corrected chi connectivity index (χ1v) is 10.2. The molecule has 0 saturated carbocycles. The van der Waals surface area contributed by atoms with Crippen molar-refractivity contribution >= 4 is 22.7 Å². The number of hydrogen-bond donors (Lipinski definition) is 0. The largest absolute Gasteiger partial charge is 0.496 e. The lowest BCUT2D eigenvalue weighted by Crippen LogP contribution is -2.39. The van der Waals surface area contributed by atoms with Crippen LogP contribution < -0.4 is 10.2 Å². The van der Waals surface area contributed by atoms with Crippen molar-refractivity contribution in [3.63, 3.8) is 0 Å². The summed E-state index contributed by atoms with van der Waals surface area (Å²) in [5.41, 5.74) is 0.986. The molecule has 0 unspecified atom stereocenters. The molecule has 0 radical (unpaired) electrons. The number of carbonyl (C=O) groups excluding carboxylic acids is 2. The number of nitrogens with zero attached hydrogens (tertiary/aromatic N) is 4. The molecule has 0 bridgehead atoms. The predicted molar refractivity (Wildman–Crippen MR) is 116 cm³/mol. The third kappa shape index (κ3) is 4.28. The molecular weight excluding hydrogens is 396 g/mol. The smallest absolute Gasteiger partial charge is 0.257 e. The normalized spacial score (nSPS) is 14.4. The molecule has 160 valence electrons. The molecule has 1 fully saturated rings. The number of aromatic nitrogens is 2. The van der Waals surface area contributed by atoms with E-state index >= 15 is 0 Å². The summed E-state index contributed by atoms with van der Waals surface area (Å²) >= 11 is 0. The predicted octanol–water partition coefficient (Wildman–Crippen LogP) is 1.78. The highest BCUT2D eigenvalue weighted by molar-refractivity contribution is 5.97. The highest BCUT2D eigenvalue weighted by Gasteiger charge is 2.24. The minimum Gasteiger partial charge on any atom is -0.496 e. The van der Waals surface area contributed by atoms with Crippen LogP contribution in [0.5, 0.6) is 5.75 Å². The molecule has 31 heavy (non-hydrogen) atoms. The minimum absolute atomic E-state index is 0.0429. The number of rotatable bonds is 4. The lowest BCUT2D eigenvalue weighted by atomic mass is 10.1. The molecule has 1 aliphatic rings. The number of methoxy groups -OCH3 is 1. The standard InChI is InChI=1S/C23H24N4O4/c1-31-21-10-5-3-8-18(21)23(30)26-12-6-11-25(13-14-26)22(29)16-27-19-9-4-2-7-17(19)20(28)15-24-27/h2-5,7-10,15H,6,11-14,16H2,1H3. The second-order valence-corrected chi connectivity index (χ2v) is 7.41. The van der Waals surface area contributed by atoms with Gasteiger partial charge in [-0.2, -0.15) is 5.10 Å². The maximum Gasteiger partial charge on any atom is 0.257 e. The van der Waals surface area contributed by atoms with Crippen LogP contribution in [0.3, 0.4) is 0 Å². The van der Waals surface area contributed by atoms with E-state index in [-0.39, 0.29) is 23.8 Å². The van der Waals surface area contributed by atoms with Gasteiger partial charge in [-0.05, 0) is 30.7 Å². The highest BCUT2D eigenvalue weighted by atomic mass is 16.5. The summed E-state index contributed by atoms with van der Waals surface area (Å²) in [7, 11) is 1.55. The van der Waals surface area contributed by atoms with Gasteiger partial charge in [0.1, 0.15) is 12.3 Å². The Morgan fingerprint density at radius 1 is 0.968 bits per heavy atom. The van der Waals surface area contributed by atoms with Crippen LogP contribution in [0.25, 0.3) is 10.9 Å². The van der Waals surface area contributed by atoms with E-state index in [1.807, 2.05) is 18.2 Å². The fraction of sp³-hybridized carbons (Fsp3) is 0.304. The van der Waals surface area contributed by atoms with Gasteiger partial charge >= 0.3 is 0 Å². The molecule has 2 amide bonds. The summed E-state index contributed by atoms with van der Waals surface area (Å²) in [6, 6.07) is 14.3. The molecule has 0 N–H and O–H groups in total. The van der Waals surface area contributed by atoms with Gasteiger partial charge in [0.15, 0.2) is 0 Å². The maximum absolute atomic E-state index is 13.0. The first-order chi connectivity index (χ1) is 15.1. The van der Waals surface area contributed by atoms with E-state index in [2.05, 4.69) is 5.10 Å². The Kier molecular flexibility index (Phi) is 5.97. The Hall–Kier alpha value is -3.68. The van der Waals surface area contributed by atoms with Gasteiger partial charge < -0.3 is 14.5 Å². The quantitative estimate of drug-likeness (QED) is 0.642. The van der Waals surface area contributed by atoms with Gasteiger partial charge in [0.05, 0.1) is 24.4 Å². The summed E-state index contributed by atoms with van der Waals surface area (Å²) in [5.74, 6) is 0.355. The number of amides is 2. The zero-order valence-corrected chi connectivity index (χ0v) is 17.4. The van der Waals surface area contributed by atoms with Crippen LogP contribution in [0.1, 0.15) is 16.8 Å². The van der Waals surface area contributed by atoms with Crippen molar-refractivity contribution in [3.8, 4) is 5.75 Å². The van der Waals surface area contributed by atoms with Crippen molar-refractivity contribution < 1.29 is 14.3 Å². The molecule has 0 aliphatic carbocycles. The second-order valence-electron chi connectivity index (χ2n) is 7.41. The zero-order valence-electron chi connectivity index (χ0n) is 17.4. The van der Waals surface area contributed by atoms with Gasteiger partial charge in [-0.1, -0.05) is 24.3 Å².